The van der Waals surface area contributed by atoms with E-state index in [-0.39, 0.29) is 0 Å². The molecule has 0 unspecified atom stereocenters. The lowest BCUT2D eigenvalue weighted by Gasteiger charge is -2.05. The van der Waals surface area contributed by atoms with Gasteiger partial charge in [0, 0.05) is 6.54 Å². The number of H-pyrrole nitrogens is 1. The molecule has 0 aliphatic rings. The number of tetrazole rings is 1. The van der Waals surface area contributed by atoms with E-state index in [1.54, 1.807) is 6.07 Å². The monoisotopic (exact) mass is 257 g/mol. The van der Waals surface area contributed by atoms with Gasteiger partial charge in [-0.3, -0.25) is 0 Å². The minimum atomic E-state index is 0.527. The van der Waals surface area contributed by atoms with Gasteiger partial charge in [-0.25, -0.2) is 0 Å². The Labute approximate surface area is 102 Å². The molecule has 16 heavy (non-hydrogen) atoms. The van der Waals surface area contributed by atoms with Crippen molar-refractivity contribution >= 4 is 23.2 Å². The van der Waals surface area contributed by atoms with E-state index in [9.17, 15) is 0 Å². The normalized spacial score (nSPS) is 10.6. The summed E-state index contributed by atoms with van der Waals surface area (Å²) in [6, 6.07) is 5.53. The number of halogens is 2. The van der Waals surface area contributed by atoms with Crippen LogP contribution in [0.1, 0.15) is 11.4 Å². The molecular formula is C9H9Cl2N5. The van der Waals surface area contributed by atoms with Crippen LogP contribution in [0.15, 0.2) is 18.2 Å². The summed E-state index contributed by atoms with van der Waals surface area (Å²) < 4.78 is 0. The molecule has 1 aromatic carbocycles. The van der Waals surface area contributed by atoms with Crippen molar-refractivity contribution in [3.8, 4) is 0 Å². The highest BCUT2D eigenvalue weighted by molar-refractivity contribution is 6.42. The smallest absolute Gasteiger partial charge is 0.188 e. The van der Waals surface area contributed by atoms with Crippen LogP contribution >= 0.6 is 23.2 Å². The van der Waals surface area contributed by atoms with Crippen molar-refractivity contribution in [2.45, 2.75) is 13.1 Å². The first-order chi connectivity index (χ1) is 7.77. The first-order valence-corrected chi connectivity index (χ1v) is 5.39. The third-order valence-corrected chi connectivity index (χ3v) is 2.88. The number of aromatic amines is 1. The summed E-state index contributed by atoms with van der Waals surface area (Å²) in [5, 5.41) is 17.7. The lowest BCUT2D eigenvalue weighted by molar-refractivity contribution is 0.663. The van der Waals surface area contributed by atoms with Crippen LogP contribution in [0, 0.1) is 0 Å². The molecule has 2 aromatic rings. The molecule has 1 heterocycles. The van der Waals surface area contributed by atoms with E-state index in [0.717, 1.165) is 5.56 Å². The van der Waals surface area contributed by atoms with Gasteiger partial charge in [0.15, 0.2) is 5.82 Å². The van der Waals surface area contributed by atoms with Crippen molar-refractivity contribution < 1.29 is 0 Å². The van der Waals surface area contributed by atoms with Gasteiger partial charge >= 0.3 is 0 Å². The molecule has 1 aromatic heterocycles. The van der Waals surface area contributed by atoms with Crippen molar-refractivity contribution in [2.75, 3.05) is 0 Å². The third kappa shape index (κ3) is 2.69. The van der Waals surface area contributed by atoms with Crippen LogP contribution in [0.25, 0.3) is 0 Å². The highest BCUT2D eigenvalue weighted by Gasteiger charge is 2.04. The Morgan fingerprint density at radius 3 is 2.88 bits per heavy atom. The van der Waals surface area contributed by atoms with Gasteiger partial charge in [-0.1, -0.05) is 40.5 Å². The molecule has 0 saturated heterocycles. The molecule has 2 N–H and O–H groups in total. The van der Waals surface area contributed by atoms with Crippen molar-refractivity contribution in [3.63, 3.8) is 0 Å². The zero-order valence-electron chi connectivity index (χ0n) is 8.24. The molecule has 0 saturated carbocycles. The van der Waals surface area contributed by atoms with Gasteiger partial charge in [-0.05, 0) is 11.6 Å². The molecular weight excluding hydrogens is 249 g/mol. The van der Waals surface area contributed by atoms with Crippen molar-refractivity contribution in [2.24, 2.45) is 0 Å². The molecule has 0 radical (unpaired) electrons. The Bertz CT molecular complexity index is 457. The molecule has 2 rings (SSSR count). The minimum Gasteiger partial charge on any atom is -0.306 e. The molecule has 0 aliphatic carbocycles. The van der Waals surface area contributed by atoms with Gasteiger partial charge < -0.3 is 5.32 Å². The fourth-order valence-electron chi connectivity index (χ4n) is 1.25. The number of benzene rings is 1. The topological polar surface area (TPSA) is 66.5 Å². The molecule has 0 aliphatic heterocycles. The van der Waals surface area contributed by atoms with Gasteiger partial charge in [-0.2, -0.15) is 5.21 Å². The second kappa shape index (κ2) is 5.25. The maximum absolute atomic E-state index is 6.03. The predicted molar refractivity (Wildman–Crippen MR) is 61.2 cm³/mol. The van der Waals surface area contributed by atoms with E-state index >= 15 is 0 Å². The lowest BCUT2D eigenvalue weighted by atomic mass is 10.2. The second-order valence-electron chi connectivity index (χ2n) is 3.14. The quantitative estimate of drug-likeness (QED) is 0.877. The van der Waals surface area contributed by atoms with Gasteiger partial charge in [0.1, 0.15) is 0 Å². The minimum absolute atomic E-state index is 0.527. The van der Waals surface area contributed by atoms with Gasteiger partial charge in [0.2, 0.25) is 0 Å². The predicted octanol–water partition coefficient (Wildman–Crippen LogP) is 1.80. The van der Waals surface area contributed by atoms with Crippen LogP contribution in [0.3, 0.4) is 0 Å². The van der Waals surface area contributed by atoms with Crippen LogP contribution < -0.4 is 5.32 Å². The highest BCUT2D eigenvalue weighted by Crippen LogP contribution is 2.25. The summed E-state index contributed by atoms with van der Waals surface area (Å²) in [6.45, 7) is 1.13. The number of aromatic nitrogens is 4. The second-order valence-corrected chi connectivity index (χ2v) is 3.93. The number of nitrogens with zero attached hydrogens (tertiary/aromatic N) is 3. The lowest BCUT2D eigenvalue weighted by Crippen LogP contribution is -2.14. The molecule has 0 atom stereocenters. The number of hydrogen-bond acceptors (Lipinski definition) is 4. The summed E-state index contributed by atoms with van der Waals surface area (Å²) in [5.74, 6) is 0.609. The number of rotatable bonds is 4. The highest BCUT2D eigenvalue weighted by atomic mass is 35.5. The first kappa shape index (κ1) is 11.3. The molecule has 0 amide bonds. The van der Waals surface area contributed by atoms with Crippen LogP contribution in [-0.4, -0.2) is 20.6 Å². The number of nitrogens with one attached hydrogen (secondary N) is 2. The van der Waals surface area contributed by atoms with E-state index in [1.165, 1.54) is 0 Å². The molecule has 84 valence electrons. The summed E-state index contributed by atoms with van der Waals surface area (Å²) in [7, 11) is 0. The van der Waals surface area contributed by atoms with E-state index in [4.69, 9.17) is 23.2 Å². The Balaban J connectivity index is 1.92. The van der Waals surface area contributed by atoms with E-state index in [2.05, 4.69) is 25.9 Å². The fourth-order valence-corrected chi connectivity index (χ4v) is 1.64. The molecule has 7 heteroatoms. The average molecular weight is 258 g/mol. The number of hydrogen-bond donors (Lipinski definition) is 2. The van der Waals surface area contributed by atoms with Gasteiger partial charge in [0.05, 0.1) is 16.6 Å². The van der Waals surface area contributed by atoms with Gasteiger partial charge in [-0.15, -0.1) is 10.2 Å². The molecule has 0 bridgehead atoms. The average Bonchev–Trinajstić information content (AvgIpc) is 2.77. The van der Waals surface area contributed by atoms with Crippen molar-refractivity contribution in [1.82, 2.24) is 25.9 Å². The summed E-state index contributed by atoms with van der Waals surface area (Å²) in [4.78, 5) is 0. The van der Waals surface area contributed by atoms with Crippen LogP contribution in [-0.2, 0) is 13.1 Å². The molecule has 0 spiro atoms. The van der Waals surface area contributed by atoms with Gasteiger partial charge in [0.25, 0.3) is 0 Å². The summed E-state index contributed by atoms with van der Waals surface area (Å²) >= 11 is 11.9. The first-order valence-electron chi connectivity index (χ1n) is 4.63. The van der Waals surface area contributed by atoms with Crippen LogP contribution in [0.2, 0.25) is 10.0 Å². The van der Waals surface area contributed by atoms with Crippen molar-refractivity contribution in [3.05, 3.63) is 39.6 Å². The maximum atomic E-state index is 6.03. The Morgan fingerprint density at radius 2 is 2.12 bits per heavy atom. The van der Waals surface area contributed by atoms with E-state index in [1.807, 2.05) is 12.1 Å². The SMILES string of the molecule is Clc1cccc(CNCc2nn[nH]n2)c1Cl. The zero-order chi connectivity index (χ0) is 11.4. The largest absolute Gasteiger partial charge is 0.306 e. The molecule has 5 nitrogen and oxygen atoms in total. The third-order valence-electron chi connectivity index (χ3n) is 2.02. The van der Waals surface area contributed by atoms with E-state index in [0.29, 0.717) is 29.0 Å². The Hall–Kier alpha value is -1.17. The van der Waals surface area contributed by atoms with Crippen LogP contribution in [0.4, 0.5) is 0 Å². The van der Waals surface area contributed by atoms with Crippen LogP contribution in [0.5, 0.6) is 0 Å². The van der Waals surface area contributed by atoms with E-state index < -0.39 is 0 Å². The zero-order valence-corrected chi connectivity index (χ0v) is 9.76. The Kier molecular flexibility index (Phi) is 3.71. The summed E-state index contributed by atoms with van der Waals surface area (Å²) in [5.41, 5.74) is 0.942. The maximum Gasteiger partial charge on any atom is 0.188 e. The molecule has 0 fully saturated rings. The summed E-state index contributed by atoms with van der Waals surface area (Å²) in [6.07, 6.45) is 0. The Morgan fingerprint density at radius 1 is 1.25 bits per heavy atom. The van der Waals surface area contributed by atoms with Crippen molar-refractivity contribution in [1.29, 1.82) is 0 Å². The standard InChI is InChI=1S/C9H9Cl2N5/c10-7-3-1-2-6(9(7)11)4-12-5-8-13-15-16-14-8/h1-3,12H,4-5H2,(H,13,14,15,16). The fraction of sp³-hybridized carbons (Fsp3) is 0.222.